The second-order valence-corrected chi connectivity index (χ2v) is 10.4. The number of ether oxygens (including phenoxy) is 1. The number of hydrogen-bond donors (Lipinski definition) is 2. The van der Waals surface area contributed by atoms with Crippen molar-refractivity contribution in [2.45, 2.75) is 16.4 Å². The number of carbonyl (C=O) groups is 1. The molecule has 0 atom stereocenters. The Balaban J connectivity index is 1.68. The van der Waals surface area contributed by atoms with Crippen molar-refractivity contribution in [2.75, 3.05) is 6.61 Å². The Labute approximate surface area is 175 Å². The van der Waals surface area contributed by atoms with Crippen LogP contribution in [0.5, 0.6) is 11.5 Å². The van der Waals surface area contributed by atoms with Gasteiger partial charge in [-0.2, -0.15) is 0 Å². The third-order valence-electron chi connectivity index (χ3n) is 4.67. The van der Waals surface area contributed by atoms with Gasteiger partial charge in [0.15, 0.2) is 9.84 Å². The van der Waals surface area contributed by atoms with Crippen molar-refractivity contribution in [1.29, 1.82) is 0 Å². The van der Waals surface area contributed by atoms with Crippen molar-refractivity contribution in [1.82, 2.24) is 0 Å². The van der Waals surface area contributed by atoms with Crippen molar-refractivity contribution < 1.29 is 28.2 Å². The molecule has 0 aliphatic carbocycles. The maximum Gasteiger partial charge on any atom is 0.339 e. The molecule has 0 saturated heterocycles. The minimum Gasteiger partial charge on any atom is -0.507 e. The zero-order valence-corrected chi connectivity index (χ0v) is 17.3. The fourth-order valence-corrected chi connectivity index (χ4v) is 6.41. The number of carboxylic acids is 1. The third kappa shape index (κ3) is 3.71. The maximum absolute atomic E-state index is 12.9. The van der Waals surface area contributed by atoms with Crippen LogP contribution in [0.25, 0.3) is 11.1 Å². The average molecular weight is 451 g/mol. The molecule has 0 unspecified atom stereocenters. The summed E-state index contributed by atoms with van der Waals surface area (Å²) in [7, 11) is -3.84. The number of carboxylic acid groups (broad SMARTS) is 1. The molecule has 150 valence electrons. The summed E-state index contributed by atoms with van der Waals surface area (Å²) >= 11 is 7.27. The van der Waals surface area contributed by atoms with Gasteiger partial charge in [0, 0.05) is 17.5 Å². The molecule has 4 rings (SSSR count). The molecule has 0 amide bonds. The fraction of sp³-hybridized carbons (Fsp3) is 0.150. The van der Waals surface area contributed by atoms with E-state index in [2.05, 4.69) is 0 Å². The number of aromatic hydroxyl groups is 1. The van der Waals surface area contributed by atoms with Gasteiger partial charge in [0.2, 0.25) is 0 Å². The van der Waals surface area contributed by atoms with Crippen molar-refractivity contribution in [3.05, 3.63) is 63.5 Å². The molecule has 1 aliphatic rings. The summed E-state index contributed by atoms with van der Waals surface area (Å²) in [6, 6.07) is 11.1. The average Bonchev–Trinajstić information content (AvgIpc) is 3.29. The first-order valence-corrected chi connectivity index (χ1v) is 11.4. The minimum atomic E-state index is -3.84. The first kappa shape index (κ1) is 19.8. The third-order valence-corrected chi connectivity index (χ3v) is 8.25. The van der Waals surface area contributed by atoms with E-state index in [1.807, 2.05) is 18.2 Å². The van der Waals surface area contributed by atoms with E-state index >= 15 is 0 Å². The molecule has 6 nitrogen and oxygen atoms in total. The molecular weight excluding hydrogens is 436 g/mol. The summed E-state index contributed by atoms with van der Waals surface area (Å²) in [5, 5.41) is 19.2. The van der Waals surface area contributed by atoms with Crippen LogP contribution < -0.4 is 4.74 Å². The van der Waals surface area contributed by atoms with Crippen LogP contribution in [0.3, 0.4) is 0 Å². The number of fused-ring (bicyclic) bond motifs is 1. The molecule has 9 heteroatoms. The van der Waals surface area contributed by atoms with Crippen LogP contribution in [-0.4, -0.2) is 31.2 Å². The number of aromatic carboxylic acids is 1. The van der Waals surface area contributed by atoms with E-state index in [1.165, 1.54) is 24.3 Å². The Morgan fingerprint density at radius 1 is 1.21 bits per heavy atom. The molecule has 3 aromatic rings. The number of phenols is 1. The summed E-state index contributed by atoms with van der Waals surface area (Å²) in [6.07, 6.45) is 0.787. The largest absolute Gasteiger partial charge is 0.507 e. The number of thiophene rings is 1. The van der Waals surface area contributed by atoms with Gasteiger partial charge in [-0.1, -0.05) is 29.8 Å². The van der Waals surface area contributed by atoms with Gasteiger partial charge in [-0.05, 0) is 35.4 Å². The van der Waals surface area contributed by atoms with Gasteiger partial charge < -0.3 is 14.9 Å². The van der Waals surface area contributed by atoms with Crippen LogP contribution in [-0.2, 0) is 22.0 Å². The molecule has 0 bridgehead atoms. The van der Waals surface area contributed by atoms with Gasteiger partial charge in [0.05, 0.1) is 12.4 Å². The lowest BCUT2D eigenvalue weighted by Crippen LogP contribution is -2.05. The van der Waals surface area contributed by atoms with E-state index < -0.39 is 27.3 Å². The molecule has 0 fully saturated rings. The number of benzene rings is 2. The summed E-state index contributed by atoms with van der Waals surface area (Å²) in [4.78, 5) is 11.2. The van der Waals surface area contributed by atoms with E-state index in [0.717, 1.165) is 34.6 Å². The molecule has 29 heavy (non-hydrogen) atoms. The second-order valence-electron chi connectivity index (χ2n) is 6.55. The quantitative estimate of drug-likeness (QED) is 0.598. The van der Waals surface area contributed by atoms with E-state index in [1.54, 1.807) is 0 Å². The number of halogens is 1. The van der Waals surface area contributed by atoms with Crippen LogP contribution in [0.15, 0.2) is 46.7 Å². The van der Waals surface area contributed by atoms with E-state index in [-0.39, 0.29) is 15.3 Å². The van der Waals surface area contributed by atoms with Crippen molar-refractivity contribution in [3.8, 4) is 22.6 Å². The highest BCUT2D eigenvalue weighted by molar-refractivity contribution is 7.92. The lowest BCUT2D eigenvalue weighted by molar-refractivity contribution is 0.0693. The zero-order valence-electron chi connectivity index (χ0n) is 14.9. The van der Waals surface area contributed by atoms with Crippen molar-refractivity contribution in [3.63, 3.8) is 0 Å². The molecule has 2 aromatic carbocycles. The fourth-order valence-electron chi connectivity index (χ4n) is 3.21. The molecule has 2 heterocycles. The predicted molar refractivity (Wildman–Crippen MR) is 110 cm³/mol. The van der Waals surface area contributed by atoms with E-state index in [9.17, 15) is 18.3 Å². The molecular formula is C20H15ClO6S2. The second kappa shape index (κ2) is 7.37. The lowest BCUT2D eigenvalue weighted by atomic mass is 10.0. The van der Waals surface area contributed by atoms with Gasteiger partial charge in [0.25, 0.3) is 0 Å². The molecule has 1 aliphatic heterocycles. The number of rotatable bonds is 5. The van der Waals surface area contributed by atoms with E-state index in [0.29, 0.717) is 16.5 Å². The Morgan fingerprint density at radius 2 is 2.00 bits per heavy atom. The van der Waals surface area contributed by atoms with Crippen LogP contribution in [0.2, 0.25) is 4.34 Å². The monoisotopic (exact) mass is 450 g/mol. The van der Waals surface area contributed by atoms with Crippen LogP contribution in [0.1, 0.15) is 21.5 Å². The van der Waals surface area contributed by atoms with Gasteiger partial charge in [0.1, 0.15) is 25.6 Å². The van der Waals surface area contributed by atoms with Gasteiger partial charge in [-0.3, -0.25) is 0 Å². The SMILES string of the molecule is O=C(O)c1cccc(CS(=O)(=O)c2cc(-c3ccc4c(c3)CCO4)c(Cl)s2)c1O. The highest BCUT2D eigenvalue weighted by atomic mass is 35.5. The molecule has 0 spiro atoms. The molecule has 0 saturated carbocycles. The summed E-state index contributed by atoms with van der Waals surface area (Å²) in [5.41, 5.74) is 2.12. The van der Waals surface area contributed by atoms with Gasteiger partial charge >= 0.3 is 5.97 Å². The minimum absolute atomic E-state index is 0.0191. The van der Waals surface area contributed by atoms with Crippen LogP contribution >= 0.6 is 22.9 Å². The van der Waals surface area contributed by atoms with Crippen molar-refractivity contribution >= 4 is 38.7 Å². The van der Waals surface area contributed by atoms with Gasteiger partial charge in [-0.25, -0.2) is 13.2 Å². The standard InChI is InChI=1S/C20H15ClO6S2/c21-19-15(11-4-5-16-12(8-11)6-7-27-16)9-17(28-19)29(25,26)10-13-2-1-3-14(18(13)22)20(23)24/h1-5,8-9,22H,6-7,10H2,(H,23,24). The van der Waals surface area contributed by atoms with Crippen LogP contribution in [0, 0.1) is 0 Å². The van der Waals surface area contributed by atoms with Crippen LogP contribution in [0.4, 0.5) is 0 Å². The lowest BCUT2D eigenvalue weighted by Gasteiger charge is -2.07. The Morgan fingerprint density at radius 3 is 2.76 bits per heavy atom. The Bertz CT molecular complexity index is 1230. The van der Waals surface area contributed by atoms with E-state index in [4.69, 9.17) is 21.4 Å². The normalized spacial score (nSPS) is 13.1. The predicted octanol–water partition coefficient (Wildman–Crippen LogP) is 4.38. The molecule has 0 radical (unpaired) electrons. The number of sulfone groups is 1. The first-order valence-electron chi connectivity index (χ1n) is 8.58. The molecule has 1 aromatic heterocycles. The number of hydrogen-bond acceptors (Lipinski definition) is 6. The maximum atomic E-state index is 12.9. The highest BCUT2D eigenvalue weighted by Crippen LogP contribution is 2.41. The highest BCUT2D eigenvalue weighted by Gasteiger charge is 2.24. The molecule has 2 N–H and O–H groups in total. The zero-order chi connectivity index (χ0) is 20.8. The smallest absolute Gasteiger partial charge is 0.339 e. The number of para-hydroxylation sites is 1. The first-order chi connectivity index (χ1) is 13.8. The van der Waals surface area contributed by atoms with Crippen molar-refractivity contribution in [2.24, 2.45) is 0 Å². The summed E-state index contributed by atoms with van der Waals surface area (Å²) < 4.78 is 31.7. The Kier molecular flexibility index (Phi) is 5.02. The Hall–Kier alpha value is -2.55. The summed E-state index contributed by atoms with van der Waals surface area (Å²) in [5.74, 6) is -1.59. The topological polar surface area (TPSA) is 101 Å². The van der Waals surface area contributed by atoms with Gasteiger partial charge in [-0.15, -0.1) is 11.3 Å². The summed E-state index contributed by atoms with van der Waals surface area (Å²) in [6.45, 7) is 0.620.